The van der Waals surface area contributed by atoms with Crippen LogP contribution < -0.4 is 0 Å². The largest absolute Gasteiger partial charge is 0.391 e. The number of benzene rings is 1. The van der Waals surface area contributed by atoms with Crippen molar-refractivity contribution in [2.75, 3.05) is 5.88 Å². The molecule has 0 radical (unpaired) electrons. The van der Waals surface area contributed by atoms with E-state index in [4.69, 9.17) is 16.4 Å². The van der Waals surface area contributed by atoms with Crippen molar-refractivity contribution in [1.82, 2.24) is 0 Å². The van der Waals surface area contributed by atoms with Gasteiger partial charge in [-0.15, -0.1) is 11.6 Å². The molecule has 1 atom stereocenters. The lowest BCUT2D eigenvalue weighted by molar-refractivity contribution is 0.102. The molecule has 1 aliphatic heterocycles. The van der Waals surface area contributed by atoms with Crippen LogP contribution in [0.5, 0.6) is 0 Å². The molecule has 74 valence electrons. The van der Waals surface area contributed by atoms with Gasteiger partial charge in [0.05, 0.1) is 11.6 Å². The molecule has 1 aromatic carbocycles. The second kappa shape index (κ2) is 4.47. The molecule has 0 spiro atoms. The van der Waals surface area contributed by atoms with Crippen LogP contribution in [0.15, 0.2) is 35.5 Å². The average molecular weight is 210 g/mol. The minimum absolute atomic E-state index is 0.0791. The molecule has 3 heteroatoms. The monoisotopic (exact) mass is 209 g/mol. The number of nitrogens with zero attached hydrogens (tertiary/aromatic N) is 1. The molecule has 0 fully saturated rings. The maximum Gasteiger partial charge on any atom is 0.146 e. The molecule has 0 N–H and O–H groups in total. The van der Waals surface area contributed by atoms with E-state index in [1.807, 2.05) is 18.2 Å². The fraction of sp³-hybridized carbons (Fsp3) is 0.364. The summed E-state index contributed by atoms with van der Waals surface area (Å²) in [7, 11) is 0. The zero-order chi connectivity index (χ0) is 9.80. The Morgan fingerprint density at radius 2 is 2.14 bits per heavy atom. The number of hydrogen-bond acceptors (Lipinski definition) is 2. The molecule has 1 aromatic rings. The molecule has 2 rings (SSSR count). The van der Waals surface area contributed by atoms with Gasteiger partial charge in [-0.25, -0.2) is 0 Å². The summed E-state index contributed by atoms with van der Waals surface area (Å²) in [6, 6.07) is 10.3. The topological polar surface area (TPSA) is 21.6 Å². The third-order valence-electron chi connectivity index (χ3n) is 2.22. The minimum atomic E-state index is 0.0791. The van der Waals surface area contributed by atoms with Gasteiger partial charge in [-0.2, -0.15) is 0 Å². The van der Waals surface area contributed by atoms with Crippen LogP contribution in [0.4, 0.5) is 0 Å². The van der Waals surface area contributed by atoms with Crippen molar-refractivity contribution in [3.8, 4) is 0 Å². The molecule has 0 aromatic heterocycles. The molecule has 0 unspecified atom stereocenters. The maximum absolute atomic E-state index is 5.68. The Bertz CT molecular complexity index is 323. The highest BCUT2D eigenvalue weighted by Gasteiger charge is 2.19. The molecule has 1 aliphatic rings. The SMILES string of the molecule is ClC[C@H]1CC(Cc2ccccc2)=NO1. The summed E-state index contributed by atoms with van der Waals surface area (Å²) < 4.78 is 0. The van der Waals surface area contributed by atoms with E-state index < -0.39 is 0 Å². The molecule has 14 heavy (non-hydrogen) atoms. The van der Waals surface area contributed by atoms with E-state index in [0.717, 1.165) is 18.6 Å². The lowest BCUT2D eigenvalue weighted by atomic mass is 10.1. The fourth-order valence-electron chi connectivity index (χ4n) is 1.51. The van der Waals surface area contributed by atoms with E-state index in [2.05, 4.69) is 17.3 Å². The minimum Gasteiger partial charge on any atom is -0.391 e. The van der Waals surface area contributed by atoms with Crippen molar-refractivity contribution < 1.29 is 4.84 Å². The van der Waals surface area contributed by atoms with Crippen molar-refractivity contribution >= 4 is 17.3 Å². The first-order valence-corrected chi connectivity index (χ1v) is 5.23. The zero-order valence-electron chi connectivity index (χ0n) is 7.82. The first-order valence-electron chi connectivity index (χ1n) is 4.70. The molecule has 0 amide bonds. The molecule has 1 heterocycles. The summed E-state index contributed by atoms with van der Waals surface area (Å²) in [6.45, 7) is 0. The normalized spacial score (nSPS) is 20.4. The Morgan fingerprint density at radius 1 is 1.36 bits per heavy atom. The number of rotatable bonds is 3. The van der Waals surface area contributed by atoms with Crippen molar-refractivity contribution in [3.05, 3.63) is 35.9 Å². The maximum atomic E-state index is 5.68. The summed E-state index contributed by atoms with van der Waals surface area (Å²) in [5.41, 5.74) is 2.35. The predicted octanol–water partition coefficient (Wildman–Crippen LogP) is 2.61. The lowest BCUT2D eigenvalue weighted by Gasteiger charge is -2.01. The molecule has 0 saturated heterocycles. The van der Waals surface area contributed by atoms with Gasteiger partial charge in [-0.1, -0.05) is 35.5 Å². The first-order chi connectivity index (χ1) is 6.88. The van der Waals surface area contributed by atoms with Gasteiger partial charge in [0.2, 0.25) is 0 Å². The second-order valence-corrected chi connectivity index (χ2v) is 3.71. The van der Waals surface area contributed by atoms with E-state index in [1.165, 1.54) is 5.56 Å². The van der Waals surface area contributed by atoms with Crippen molar-refractivity contribution in [2.24, 2.45) is 5.16 Å². The number of oxime groups is 1. The standard InChI is InChI=1S/C11H12ClNO/c12-8-11-7-10(13-14-11)6-9-4-2-1-3-5-9/h1-5,11H,6-8H2/t11-/m1/s1. The Kier molecular flexibility index (Phi) is 3.04. The van der Waals surface area contributed by atoms with Gasteiger partial charge >= 0.3 is 0 Å². The van der Waals surface area contributed by atoms with Crippen LogP contribution in [0.25, 0.3) is 0 Å². The summed E-state index contributed by atoms with van der Waals surface area (Å²) in [5.74, 6) is 0.516. The highest BCUT2D eigenvalue weighted by atomic mass is 35.5. The van der Waals surface area contributed by atoms with Crippen LogP contribution in [-0.2, 0) is 11.3 Å². The Hall–Kier alpha value is -1.02. The highest BCUT2D eigenvalue weighted by Crippen LogP contribution is 2.15. The summed E-state index contributed by atoms with van der Waals surface area (Å²) >= 11 is 5.68. The Morgan fingerprint density at radius 3 is 2.79 bits per heavy atom. The zero-order valence-corrected chi connectivity index (χ0v) is 8.57. The second-order valence-electron chi connectivity index (χ2n) is 3.41. The quantitative estimate of drug-likeness (QED) is 0.702. The lowest BCUT2D eigenvalue weighted by Crippen LogP contribution is -2.10. The van der Waals surface area contributed by atoms with Crippen molar-refractivity contribution in [1.29, 1.82) is 0 Å². The number of hydrogen-bond donors (Lipinski definition) is 0. The predicted molar refractivity (Wildman–Crippen MR) is 57.8 cm³/mol. The van der Waals surface area contributed by atoms with Crippen LogP contribution in [-0.4, -0.2) is 17.7 Å². The molecular formula is C11H12ClNO. The van der Waals surface area contributed by atoms with Gasteiger partial charge < -0.3 is 4.84 Å². The van der Waals surface area contributed by atoms with Crippen LogP contribution in [0.1, 0.15) is 12.0 Å². The van der Waals surface area contributed by atoms with E-state index in [1.54, 1.807) is 0 Å². The van der Waals surface area contributed by atoms with E-state index in [-0.39, 0.29) is 6.10 Å². The Balaban J connectivity index is 1.94. The van der Waals surface area contributed by atoms with E-state index in [9.17, 15) is 0 Å². The first kappa shape index (κ1) is 9.53. The molecular weight excluding hydrogens is 198 g/mol. The summed E-state index contributed by atoms with van der Waals surface area (Å²) in [5, 5.41) is 4.02. The van der Waals surface area contributed by atoms with Crippen molar-refractivity contribution in [3.63, 3.8) is 0 Å². The number of halogens is 1. The fourth-order valence-corrected chi connectivity index (χ4v) is 1.67. The third kappa shape index (κ3) is 2.26. The summed E-state index contributed by atoms with van der Waals surface area (Å²) in [4.78, 5) is 5.14. The molecule has 2 nitrogen and oxygen atoms in total. The van der Waals surface area contributed by atoms with E-state index in [0.29, 0.717) is 5.88 Å². The van der Waals surface area contributed by atoms with Crippen LogP contribution in [0.2, 0.25) is 0 Å². The van der Waals surface area contributed by atoms with Gasteiger partial charge in [0.15, 0.2) is 0 Å². The third-order valence-corrected chi connectivity index (χ3v) is 2.56. The Labute approximate surface area is 88.5 Å². The van der Waals surface area contributed by atoms with Crippen LogP contribution >= 0.6 is 11.6 Å². The highest BCUT2D eigenvalue weighted by molar-refractivity contribution is 6.18. The van der Waals surface area contributed by atoms with Gasteiger partial charge in [0, 0.05) is 12.8 Å². The van der Waals surface area contributed by atoms with Gasteiger partial charge in [0.1, 0.15) is 6.10 Å². The van der Waals surface area contributed by atoms with E-state index >= 15 is 0 Å². The number of alkyl halides is 1. The molecule has 0 saturated carbocycles. The average Bonchev–Trinajstić information content (AvgIpc) is 2.67. The van der Waals surface area contributed by atoms with Gasteiger partial charge in [-0.05, 0) is 5.56 Å². The molecule has 0 bridgehead atoms. The summed E-state index contributed by atoms with van der Waals surface area (Å²) in [6.07, 6.45) is 1.81. The van der Waals surface area contributed by atoms with Gasteiger partial charge in [-0.3, -0.25) is 0 Å². The smallest absolute Gasteiger partial charge is 0.146 e. The van der Waals surface area contributed by atoms with Gasteiger partial charge in [0.25, 0.3) is 0 Å². The molecule has 0 aliphatic carbocycles. The van der Waals surface area contributed by atoms with Crippen molar-refractivity contribution in [2.45, 2.75) is 18.9 Å². The van der Waals surface area contributed by atoms with Crippen LogP contribution in [0, 0.1) is 0 Å². The van der Waals surface area contributed by atoms with Crippen LogP contribution in [0.3, 0.4) is 0 Å².